The predicted molar refractivity (Wildman–Crippen MR) is 88.9 cm³/mol. The number of hydrogen-bond acceptors (Lipinski definition) is 5. The first-order valence-electron chi connectivity index (χ1n) is 8.96. The van der Waals surface area contributed by atoms with Crippen molar-refractivity contribution in [2.45, 2.75) is 64.5 Å². The van der Waals surface area contributed by atoms with Gasteiger partial charge in [0.05, 0.1) is 7.11 Å². The van der Waals surface area contributed by atoms with E-state index in [0.717, 1.165) is 38.5 Å². The highest BCUT2D eigenvalue weighted by molar-refractivity contribution is 5.89. The van der Waals surface area contributed by atoms with Crippen LogP contribution in [0.25, 0.3) is 0 Å². The van der Waals surface area contributed by atoms with Crippen LogP contribution in [-0.4, -0.2) is 48.6 Å². The average molecular weight is 336 g/mol. The number of hydrogen-bond donors (Lipinski definition) is 0. The molecule has 0 aromatic rings. The third kappa shape index (κ3) is 3.86. The molecule has 1 aliphatic carbocycles. The number of isocyanates is 1. The number of nitrogens with zero attached hydrogens (tertiary/aromatic N) is 2. The fourth-order valence-corrected chi connectivity index (χ4v) is 4.22. The van der Waals surface area contributed by atoms with E-state index in [1.165, 1.54) is 7.11 Å². The molecule has 1 amide bonds. The van der Waals surface area contributed by atoms with Gasteiger partial charge in [-0.25, -0.2) is 9.59 Å². The van der Waals surface area contributed by atoms with Crippen LogP contribution < -0.4 is 0 Å². The van der Waals surface area contributed by atoms with Crippen LogP contribution in [0.5, 0.6) is 0 Å². The first-order chi connectivity index (χ1) is 11.5. The molecule has 1 unspecified atom stereocenters. The minimum Gasteiger partial charge on any atom is -0.467 e. The Balaban J connectivity index is 2.23. The zero-order valence-corrected chi connectivity index (χ0v) is 14.9. The van der Waals surface area contributed by atoms with Crippen LogP contribution in [0.2, 0.25) is 0 Å². The first kappa shape index (κ1) is 18.7. The summed E-state index contributed by atoms with van der Waals surface area (Å²) in [5.41, 5.74) is 0. The molecule has 3 atom stereocenters. The molecule has 24 heavy (non-hydrogen) atoms. The number of carbonyl (C=O) groups excluding carboxylic acids is 3. The Kier molecular flexibility index (Phi) is 6.55. The van der Waals surface area contributed by atoms with Gasteiger partial charge in [0.15, 0.2) is 0 Å². The van der Waals surface area contributed by atoms with Crippen LogP contribution in [0, 0.1) is 17.8 Å². The van der Waals surface area contributed by atoms with Gasteiger partial charge in [0.25, 0.3) is 0 Å². The van der Waals surface area contributed by atoms with E-state index in [9.17, 15) is 14.4 Å². The highest BCUT2D eigenvalue weighted by atomic mass is 16.5. The number of likely N-dealkylation sites (tertiary alicyclic amines) is 1. The third-order valence-corrected chi connectivity index (χ3v) is 5.57. The Hall–Kier alpha value is -1.68. The summed E-state index contributed by atoms with van der Waals surface area (Å²) in [6.45, 7) is 4.62. The number of esters is 1. The topological polar surface area (TPSA) is 76.0 Å². The zero-order chi connectivity index (χ0) is 17.7. The maximum atomic E-state index is 13.1. The van der Waals surface area contributed by atoms with Crippen LogP contribution in [0.4, 0.5) is 0 Å². The minimum absolute atomic E-state index is 0.0732. The van der Waals surface area contributed by atoms with E-state index in [0.29, 0.717) is 6.54 Å². The Labute approximate surface area is 143 Å². The summed E-state index contributed by atoms with van der Waals surface area (Å²) in [6.07, 6.45) is 7.40. The number of rotatable bonds is 5. The number of methoxy groups -OCH3 is 1. The van der Waals surface area contributed by atoms with E-state index in [1.54, 1.807) is 11.0 Å². The normalized spacial score (nSPS) is 26.1. The molecule has 1 heterocycles. The van der Waals surface area contributed by atoms with Gasteiger partial charge in [-0.15, -0.1) is 0 Å². The van der Waals surface area contributed by atoms with Crippen molar-refractivity contribution < 1.29 is 19.1 Å². The fraction of sp³-hybridized carbons (Fsp3) is 0.833. The number of ether oxygens (including phenoxy) is 1. The molecule has 1 aliphatic heterocycles. The highest BCUT2D eigenvalue weighted by Crippen LogP contribution is 2.35. The fourth-order valence-electron chi connectivity index (χ4n) is 4.22. The second kappa shape index (κ2) is 8.43. The van der Waals surface area contributed by atoms with Gasteiger partial charge in [0.1, 0.15) is 12.1 Å². The Morgan fingerprint density at radius 3 is 2.38 bits per heavy atom. The molecule has 2 aliphatic rings. The number of carbonyl (C=O) groups is 2. The summed E-state index contributed by atoms with van der Waals surface area (Å²) in [5.74, 6) is -0.173. The third-order valence-electron chi connectivity index (χ3n) is 5.57. The Morgan fingerprint density at radius 1 is 1.17 bits per heavy atom. The van der Waals surface area contributed by atoms with Gasteiger partial charge >= 0.3 is 5.97 Å². The first-order valence-corrected chi connectivity index (χ1v) is 8.96. The lowest BCUT2D eigenvalue weighted by Crippen LogP contribution is -2.50. The van der Waals surface area contributed by atoms with Gasteiger partial charge < -0.3 is 9.64 Å². The van der Waals surface area contributed by atoms with Gasteiger partial charge in [-0.1, -0.05) is 33.1 Å². The molecule has 134 valence electrons. The molecule has 1 saturated heterocycles. The molecular weight excluding hydrogens is 308 g/mol. The van der Waals surface area contributed by atoms with Gasteiger partial charge in [0.2, 0.25) is 12.0 Å². The zero-order valence-electron chi connectivity index (χ0n) is 14.9. The van der Waals surface area contributed by atoms with Crippen molar-refractivity contribution in [3.63, 3.8) is 0 Å². The van der Waals surface area contributed by atoms with E-state index >= 15 is 0 Å². The smallest absolute Gasteiger partial charge is 0.328 e. The lowest BCUT2D eigenvalue weighted by Gasteiger charge is -2.32. The summed E-state index contributed by atoms with van der Waals surface area (Å²) >= 11 is 0. The van der Waals surface area contributed by atoms with Crippen LogP contribution in [0.15, 0.2) is 4.99 Å². The van der Waals surface area contributed by atoms with Crippen molar-refractivity contribution in [2.24, 2.45) is 22.7 Å². The van der Waals surface area contributed by atoms with E-state index in [4.69, 9.17) is 4.74 Å². The van der Waals surface area contributed by atoms with Crippen LogP contribution >= 0.6 is 0 Å². The molecule has 1 saturated carbocycles. The predicted octanol–water partition coefficient (Wildman–Crippen LogP) is 2.32. The summed E-state index contributed by atoms with van der Waals surface area (Å²) in [7, 11) is 1.35. The maximum absolute atomic E-state index is 13.1. The molecule has 2 rings (SSSR count). The summed E-state index contributed by atoms with van der Waals surface area (Å²) in [6, 6.07) is -1.28. The van der Waals surface area contributed by atoms with Crippen molar-refractivity contribution in [1.29, 1.82) is 0 Å². The van der Waals surface area contributed by atoms with Gasteiger partial charge in [-0.2, -0.15) is 4.99 Å². The molecule has 0 bridgehead atoms. The number of amides is 1. The quantitative estimate of drug-likeness (QED) is 0.438. The van der Waals surface area contributed by atoms with Gasteiger partial charge in [-0.3, -0.25) is 4.79 Å². The summed E-state index contributed by atoms with van der Waals surface area (Å²) in [4.78, 5) is 41.6. The standard InChI is InChI=1S/C18H28N2O4/c1-12(2)14-9-10-20(16(14)18(23)24-3)17(22)15(19-11-21)13-7-5-4-6-8-13/h12-16H,4-10H2,1-3H3/t14-,15+,16?/m1/s1. The SMILES string of the molecule is COC(=O)C1[C@@H](C(C)C)CCN1C(=O)[C@@H](N=C=O)C1CCCCC1. The second-order valence-corrected chi connectivity index (χ2v) is 7.26. The maximum Gasteiger partial charge on any atom is 0.328 e. The van der Waals surface area contributed by atoms with E-state index in [-0.39, 0.29) is 29.6 Å². The van der Waals surface area contributed by atoms with Gasteiger partial charge in [0, 0.05) is 6.54 Å². The molecule has 0 radical (unpaired) electrons. The van der Waals surface area contributed by atoms with E-state index in [1.807, 2.05) is 0 Å². The lowest BCUT2D eigenvalue weighted by atomic mass is 9.83. The lowest BCUT2D eigenvalue weighted by molar-refractivity contribution is -0.153. The Morgan fingerprint density at radius 2 is 1.83 bits per heavy atom. The summed E-state index contributed by atoms with van der Waals surface area (Å²) < 4.78 is 4.94. The largest absolute Gasteiger partial charge is 0.467 e. The second-order valence-electron chi connectivity index (χ2n) is 7.26. The van der Waals surface area contributed by atoms with Gasteiger partial charge in [-0.05, 0) is 37.0 Å². The molecule has 0 aromatic heterocycles. The van der Waals surface area contributed by atoms with Crippen LogP contribution in [0.1, 0.15) is 52.4 Å². The van der Waals surface area contributed by atoms with Crippen molar-refractivity contribution in [2.75, 3.05) is 13.7 Å². The van der Waals surface area contributed by atoms with Crippen LogP contribution in [0.3, 0.4) is 0 Å². The Bertz CT molecular complexity index is 507. The van der Waals surface area contributed by atoms with Crippen LogP contribution in [-0.2, 0) is 19.1 Å². The van der Waals surface area contributed by atoms with Crippen molar-refractivity contribution in [1.82, 2.24) is 4.90 Å². The molecule has 0 N–H and O–H groups in total. The molecule has 0 aromatic carbocycles. The monoisotopic (exact) mass is 336 g/mol. The average Bonchev–Trinajstić information content (AvgIpc) is 3.04. The molecule has 6 nitrogen and oxygen atoms in total. The molecule has 0 spiro atoms. The molecular formula is C18H28N2O4. The van der Waals surface area contributed by atoms with Crippen molar-refractivity contribution in [3.05, 3.63) is 0 Å². The van der Waals surface area contributed by atoms with E-state index in [2.05, 4.69) is 18.8 Å². The van der Waals surface area contributed by atoms with Crippen molar-refractivity contribution >= 4 is 18.0 Å². The van der Waals surface area contributed by atoms with E-state index < -0.39 is 12.1 Å². The minimum atomic E-state index is -0.708. The highest BCUT2D eigenvalue weighted by Gasteiger charge is 2.46. The molecule has 2 fully saturated rings. The summed E-state index contributed by atoms with van der Waals surface area (Å²) in [5, 5.41) is 0. The molecule has 6 heteroatoms. The number of aliphatic imine (C=N–C) groups is 1. The van der Waals surface area contributed by atoms with Crippen molar-refractivity contribution in [3.8, 4) is 0 Å².